The molecule has 8 heteroatoms. The fourth-order valence-electron chi connectivity index (χ4n) is 3.43. The van der Waals surface area contributed by atoms with Gasteiger partial charge in [0.25, 0.3) is 5.91 Å². The molecule has 0 unspecified atom stereocenters. The third-order valence-electron chi connectivity index (χ3n) is 5.30. The molecule has 2 aromatic rings. The fraction of sp³-hybridized carbons (Fsp3) is 0.400. The molecular weight excluding hydrogens is 378 g/mol. The standard InChI is InChI=1S/C20H23N3O4S/c1-14-12-18(14)19-9-6-16(27-19)13-21-22-20(24)15-4-7-17(8-5-15)28(25,26)23-10-2-3-11-23/h4-9,13-14,18H,2-3,10-12H2,1H3,(H,22,24)/b21-13-/t14-,18+/m1/s1. The first kappa shape index (κ1) is 18.9. The van der Waals surface area contributed by atoms with E-state index in [1.165, 1.54) is 34.8 Å². The molecule has 0 spiro atoms. The van der Waals surface area contributed by atoms with Crippen molar-refractivity contribution in [2.45, 2.75) is 37.0 Å². The Morgan fingerprint density at radius 1 is 1.18 bits per heavy atom. The van der Waals surface area contributed by atoms with E-state index in [1.807, 2.05) is 12.1 Å². The summed E-state index contributed by atoms with van der Waals surface area (Å²) >= 11 is 0. The van der Waals surface area contributed by atoms with Gasteiger partial charge in [-0.15, -0.1) is 0 Å². The average molecular weight is 401 g/mol. The van der Waals surface area contributed by atoms with Gasteiger partial charge in [-0.1, -0.05) is 6.92 Å². The Bertz CT molecular complexity index is 989. The largest absolute Gasteiger partial charge is 0.460 e. The molecule has 2 fully saturated rings. The number of nitrogens with zero attached hydrogens (tertiary/aromatic N) is 2. The van der Waals surface area contributed by atoms with E-state index >= 15 is 0 Å². The van der Waals surface area contributed by atoms with E-state index in [-0.39, 0.29) is 4.90 Å². The lowest BCUT2D eigenvalue weighted by atomic mass is 10.2. The van der Waals surface area contributed by atoms with Gasteiger partial charge in [-0.3, -0.25) is 4.79 Å². The molecule has 4 rings (SSSR count). The zero-order valence-electron chi connectivity index (χ0n) is 15.7. The molecule has 1 saturated heterocycles. The second kappa shape index (κ2) is 7.52. The number of hydrogen-bond donors (Lipinski definition) is 1. The highest BCUT2D eigenvalue weighted by Gasteiger charge is 2.36. The molecule has 2 heterocycles. The van der Waals surface area contributed by atoms with E-state index in [4.69, 9.17) is 4.42 Å². The summed E-state index contributed by atoms with van der Waals surface area (Å²) in [6.45, 7) is 3.28. The zero-order chi connectivity index (χ0) is 19.7. The maximum atomic E-state index is 12.5. The van der Waals surface area contributed by atoms with Crippen LogP contribution in [0.5, 0.6) is 0 Å². The van der Waals surface area contributed by atoms with Crippen LogP contribution in [0.1, 0.15) is 54.0 Å². The number of sulfonamides is 1. The number of carbonyl (C=O) groups excluding carboxylic acids is 1. The van der Waals surface area contributed by atoms with Gasteiger partial charge in [0.15, 0.2) is 0 Å². The molecule has 2 aliphatic rings. The predicted octanol–water partition coefficient (Wildman–Crippen LogP) is 2.95. The summed E-state index contributed by atoms with van der Waals surface area (Å²) in [5.74, 6) is 2.28. The lowest BCUT2D eigenvalue weighted by Crippen LogP contribution is -2.28. The van der Waals surface area contributed by atoms with Crippen molar-refractivity contribution in [1.82, 2.24) is 9.73 Å². The van der Waals surface area contributed by atoms with Gasteiger partial charge in [0, 0.05) is 24.6 Å². The highest BCUT2D eigenvalue weighted by molar-refractivity contribution is 7.89. The minimum Gasteiger partial charge on any atom is -0.460 e. The second-order valence-electron chi connectivity index (χ2n) is 7.39. The van der Waals surface area contributed by atoms with E-state index in [0.717, 1.165) is 25.0 Å². The molecule has 1 amide bonds. The maximum Gasteiger partial charge on any atom is 0.271 e. The Kier molecular flexibility index (Phi) is 5.07. The van der Waals surface area contributed by atoms with Crippen molar-refractivity contribution >= 4 is 22.1 Å². The molecule has 1 aliphatic carbocycles. The smallest absolute Gasteiger partial charge is 0.271 e. The van der Waals surface area contributed by atoms with Crippen LogP contribution in [0.2, 0.25) is 0 Å². The second-order valence-corrected chi connectivity index (χ2v) is 9.33. The Morgan fingerprint density at radius 2 is 1.86 bits per heavy atom. The molecule has 1 aromatic carbocycles. The van der Waals surface area contributed by atoms with Gasteiger partial charge in [-0.25, -0.2) is 13.8 Å². The van der Waals surface area contributed by atoms with Crippen molar-refractivity contribution in [3.63, 3.8) is 0 Å². The number of rotatable bonds is 6. The van der Waals surface area contributed by atoms with Gasteiger partial charge < -0.3 is 4.42 Å². The van der Waals surface area contributed by atoms with Gasteiger partial charge in [-0.05, 0) is 61.6 Å². The van der Waals surface area contributed by atoms with E-state index in [2.05, 4.69) is 17.5 Å². The van der Waals surface area contributed by atoms with Crippen LogP contribution >= 0.6 is 0 Å². The molecule has 28 heavy (non-hydrogen) atoms. The first-order chi connectivity index (χ1) is 13.4. The van der Waals surface area contributed by atoms with E-state index < -0.39 is 15.9 Å². The van der Waals surface area contributed by atoms with Crippen LogP contribution in [-0.2, 0) is 10.0 Å². The summed E-state index contributed by atoms with van der Waals surface area (Å²) < 4.78 is 32.2. The summed E-state index contributed by atoms with van der Waals surface area (Å²) in [4.78, 5) is 12.4. The maximum absolute atomic E-state index is 12.5. The SMILES string of the molecule is C[C@@H]1C[C@@H]1c1ccc(/C=N\NC(=O)c2ccc(S(=O)(=O)N3CCCC3)cc2)o1. The molecule has 1 aromatic heterocycles. The van der Waals surface area contributed by atoms with Gasteiger partial charge in [0.2, 0.25) is 10.0 Å². The number of hydrazone groups is 1. The molecular formula is C20H23N3O4S. The van der Waals surface area contributed by atoms with E-state index in [0.29, 0.717) is 36.2 Å². The number of hydrogen-bond acceptors (Lipinski definition) is 5. The lowest BCUT2D eigenvalue weighted by Gasteiger charge is -2.15. The number of benzene rings is 1. The van der Waals surface area contributed by atoms with Crippen molar-refractivity contribution in [3.8, 4) is 0 Å². The van der Waals surface area contributed by atoms with Crippen molar-refractivity contribution in [1.29, 1.82) is 0 Å². The molecule has 2 atom stereocenters. The Balaban J connectivity index is 1.36. The first-order valence-electron chi connectivity index (χ1n) is 9.48. The van der Waals surface area contributed by atoms with Gasteiger partial charge >= 0.3 is 0 Å². The number of amides is 1. The van der Waals surface area contributed by atoms with Crippen molar-refractivity contribution in [2.75, 3.05) is 13.1 Å². The topological polar surface area (TPSA) is 92.0 Å². The van der Waals surface area contributed by atoms with E-state index in [1.54, 1.807) is 0 Å². The third kappa shape index (κ3) is 3.88. The van der Waals surface area contributed by atoms with Gasteiger partial charge in [0.05, 0.1) is 11.1 Å². The van der Waals surface area contributed by atoms with Crippen LogP contribution in [-0.4, -0.2) is 37.9 Å². The summed E-state index contributed by atoms with van der Waals surface area (Å²) in [6.07, 6.45) is 4.37. The minimum atomic E-state index is -3.48. The van der Waals surface area contributed by atoms with Crippen molar-refractivity contribution in [2.24, 2.45) is 11.0 Å². The molecule has 0 radical (unpaired) electrons. The molecule has 1 saturated carbocycles. The molecule has 0 bridgehead atoms. The molecule has 7 nitrogen and oxygen atoms in total. The minimum absolute atomic E-state index is 0.201. The highest BCUT2D eigenvalue weighted by atomic mass is 32.2. The van der Waals surface area contributed by atoms with Crippen molar-refractivity contribution in [3.05, 3.63) is 53.5 Å². The highest BCUT2D eigenvalue weighted by Crippen LogP contribution is 2.47. The average Bonchev–Trinajstić information content (AvgIpc) is 3.12. The Hall–Kier alpha value is -2.45. The zero-order valence-corrected chi connectivity index (χ0v) is 16.5. The predicted molar refractivity (Wildman–Crippen MR) is 105 cm³/mol. The summed E-state index contributed by atoms with van der Waals surface area (Å²) in [7, 11) is -3.48. The van der Waals surface area contributed by atoms with Crippen LogP contribution in [0.3, 0.4) is 0 Å². The van der Waals surface area contributed by atoms with Crippen LogP contribution in [0.25, 0.3) is 0 Å². The molecule has 148 valence electrons. The summed E-state index contributed by atoms with van der Waals surface area (Å²) in [5, 5.41) is 3.92. The Labute approximate surface area is 164 Å². The molecule has 1 N–H and O–H groups in total. The quantitative estimate of drug-likeness (QED) is 0.595. The third-order valence-corrected chi connectivity index (χ3v) is 7.21. The van der Waals surface area contributed by atoms with Crippen LogP contribution in [0.15, 0.2) is 50.8 Å². The number of carbonyl (C=O) groups is 1. The molecule has 1 aliphatic heterocycles. The van der Waals surface area contributed by atoms with Gasteiger partial charge in [0.1, 0.15) is 11.5 Å². The van der Waals surface area contributed by atoms with E-state index in [9.17, 15) is 13.2 Å². The van der Waals surface area contributed by atoms with Crippen LogP contribution < -0.4 is 5.43 Å². The fourth-order valence-corrected chi connectivity index (χ4v) is 4.95. The first-order valence-corrected chi connectivity index (χ1v) is 10.9. The lowest BCUT2D eigenvalue weighted by molar-refractivity contribution is 0.0955. The summed E-state index contributed by atoms with van der Waals surface area (Å²) in [6, 6.07) is 9.68. The van der Waals surface area contributed by atoms with Gasteiger partial charge in [-0.2, -0.15) is 9.41 Å². The monoisotopic (exact) mass is 401 g/mol. The number of furan rings is 1. The normalized spacial score (nSPS) is 22.6. The summed E-state index contributed by atoms with van der Waals surface area (Å²) in [5.41, 5.74) is 2.77. The van der Waals surface area contributed by atoms with Crippen molar-refractivity contribution < 1.29 is 17.6 Å². The Morgan fingerprint density at radius 3 is 2.50 bits per heavy atom. The van der Waals surface area contributed by atoms with Crippen LogP contribution in [0, 0.1) is 5.92 Å². The van der Waals surface area contributed by atoms with Crippen LogP contribution in [0.4, 0.5) is 0 Å². The number of nitrogens with one attached hydrogen (secondary N) is 1.